The average molecular weight is 199 g/mol. The first kappa shape index (κ1) is 10.3. The van der Waals surface area contributed by atoms with Gasteiger partial charge in [-0.15, -0.1) is 0 Å². The normalized spacial score (nSPS) is 10.5. The van der Waals surface area contributed by atoms with Gasteiger partial charge in [0, 0.05) is 0 Å². The van der Waals surface area contributed by atoms with E-state index in [2.05, 4.69) is 5.16 Å². The summed E-state index contributed by atoms with van der Waals surface area (Å²) in [7, 11) is 2.75. The lowest BCUT2D eigenvalue weighted by molar-refractivity contribution is 0.321. The third kappa shape index (κ3) is 1.76. The van der Waals surface area contributed by atoms with Gasteiger partial charge in [-0.2, -0.15) is 0 Å². The molecule has 0 radical (unpaired) electrons. The Morgan fingerprint density at radius 2 is 1.86 bits per heavy atom. The Hall–Kier alpha value is -1.78. The number of oxime groups is 1. The van der Waals surface area contributed by atoms with E-state index >= 15 is 0 Å². The molecule has 76 valence electrons. The molecule has 1 rings (SSSR count). The summed E-state index contributed by atoms with van der Waals surface area (Å²) in [5, 5.41) is 11.1. The highest BCUT2D eigenvalue weighted by Gasteiger charge is 2.12. The molecule has 0 amide bonds. The molecule has 1 N–H and O–H groups in total. The summed E-state index contributed by atoms with van der Waals surface area (Å²) in [4.78, 5) is 0. The molecule has 0 aliphatic rings. The standard InChI is InChI=1S/C9H10FNO3/c1-13-7-3-4-8(14-2)9(10)6(7)5-11-12/h3-5,12H,1-2H3/b11-5-. The Morgan fingerprint density at radius 3 is 2.36 bits per heavy atom. The zero-order valence-corrected chi connectivity index (χ0v) is 7.82. The lowest BCUT2D eigenvalue weighted by Crippen LogP contribution is -1.98. The van der Waals surface area contributed by atoms with Crippen molar-refractivity contribution in [1.29, 1.82) is 0 Å². The molecule has 0 unspecified atom stereocenters. The number of hydrogen-bond donors (Lipinski definition) is 1. The second-order valence-electron chi connectivity index (χ2n) is 2.44. The number of benzene rings is 1. The van der Waals surface area contributed by atoms with Crippen LogP contribution in [0.3, 0.4) is 0 Å². The van der Waals surface area contributed by atoms with E-state index in [0.717, 1.165) is 6.21 Å². The number of hydrogen-bond acceptors (Lipinski definition) is 4. The summed E-state index contributed by atoms with van der Waals surface area (Å²) in [6.45, 7) is 0. The molecule has 0 aromatic heterocycles. The molecule has 0 heterocycles. The van der Waals surface area contributed by atoms with Gasteiger partial charge in [0.15, 0.2) is 11.6 Å². The fourth-order valence-electron chi connectivity index (χ4n) is 1.07. The van der Waals surface area contributed by atoms with Gasteiger partial charge in [-0.3, -0.25) is 0 Å². The molecular formula is C9H10FNO3. The number of rotatable bonds is 3. The minimum Gasteiger partial charge on any atom is -0.496 e. The molecule has 4 nitrogen and oxygen atoms in total. The highest BCUT2D eigenvalue weighted by molar-refractivity contribution is 5.84. The second kappa shape index (κ2) is 4.45. The van der Waals surface area contributed by atoms with Crippen LogP contribution < -0.4 is 9.47 Å². The van der Waals surface area contributed by atoms with Crippen molar-refractivity contribution >= 4 is 6.21 Å². The Labute approximate surface area is 80.6 Å². The molecule has 1 aromatic carbocycles. The minimum atomic E-state index is -0.621. The van der Waals surface area contributed by atoms with Crippen LogP contribution in [0.4, 0.5) is 4.39 Å². The number of nitrogens with zero attached hydrogens (tertiary/aromatic N) is 1. The molecule has 0 atom stereocenters. The van der Waals surface area contributed by atoms with Crippen molar-refractivity contribution < 1.29 is 19.1 Å². The van der Waals surface area contributed by atoms with E-state index in [1.807, 2.05) is 0 Å². The molecule has 0 aliphatic carbocycles. The lowest BCUT2D eigenvalue weighted by Gasteiger charge is -2.08. The predicted molar refractivity (Wildman–Crippen MR) is 48.9 cm³/mol. The van der Waals surface area contributed by atoms with Gasteiger partial charge < -0.3 is 14.7 Å². The zero-order valence-electron chi connectivity index (χ0n) is 7.82. The Balaban J connectivity index is 3.31. The Kier molecular flexibility index (Phi) is 3.28. The Bertz CT molecular complexity index is 352. The van der Waals surface area contributed by atoms with Crippen LogP contribution in [-0.2, 0) is 0 Å². The monoisotopic (exact) mass is 199 g/mol. The molecule has 0 spiro atoms. The third-order valence-corrected chi connectivity index (χ3v) is 1.73. The van der Waals surface area contributed by atoms with Crippen LogP contribution >= 0.6 is 0 Å². The number of ether oxygens (including phenoxy) is 2. The van der Waals surface area contributed by atoms with Gasteiger partial charge in [0.2, 0.25) is 0 Å². The first-order chi connectivity index (χ1) is 6.74. The van der Waals surface area contributed by atoms with E-state index in [9.17, 15) is 4.39 Å². The molecule has 0 bridgehead atoms. The molecule has 14 heavy (non-hydrogen) atoms. The van der Waals surface area contributed by atoms with Gasteiger partial charge in [-0.1, -0.05) is 5.16 Å². The fraction of sp³-hybridized carbons (Fsp3) is 0.222. The largest absolute Gasteiger partial charge is 0.496 e. The maximum atomic E-state index is 13.5. The predicted octanol–water partition coefficient (Wildman–Crippen LogP) is 1.65. The smallest absolute Gasteiger partial charge is 0.177 e. The van der Waals surface area contributed by atoms with Gasteiger partial charge in [0.1, 0.15) is 5.75 Å². The summed E-state index contributed by atoms with van der Waals surface area (Å²) in [6, 6.07) is 2.96. The maximum Gasteiger partial charge on any atom is 0.177 e. The van der Waals surface area contributed by atoms with Gasteiger partial charge in [0.05, 0.1) is 26.0 Å². The van der Waals surface area contributed by atoms with Crippen LogP contribution in [0.25, 0.3) is 0 Å². The maximum absolute atomic E-state index is 13.5. The quantitative estimate of drug-likeness (QED) is 0.457. The summed E-state index contributed by atoms with van der Waals surface area (Å²) in [5.74, 6) is -0.272. The van der Waals surface area contributed by atoms with Crippen molar-refractivity contribution in [3.8, 4) is 11.5 Å². The molecule has 1 aromatic rings. The topological polar surface area (TPSA) is 51.0 Å². The van der Waals surface area contributed by atoms with Crippen molar-refractivity contribution in [2.45, 2.75) is 0 Å². The highest BCUT2D eigenvalue weighted by Crippen LogP contribution is 2.27. The van der Waals surface area contributed by atoms with E-state index in [0.29, 0.717) is 0 Å². The zero-order chi connectivity index (χ0) is 10.6. The van der Waals surface area contributed by atoms with Gasteiger partial charge >= 0.3 is 0 Å². The second-order valence-corrected chi connectivity index (χ2v) is 2.44. The average Bonchev–Trinajstić information content (AvgIpc) is 2.21. The van der Waals surface area contributed by atoms with E-state index in [4.69, 9.17) is 14.7 Å². The Morgan fingerprint density at radius 1 is 1.29 bits per heavy atom. The SMILES string of the molecule is COc1ccc(OC)c(/C=N\O)c1F. The van der Waals surface area contributed by atoms with Crippen LogP contribution in [0.1, 0.15) is 5.56 Å². The fourth-order valence-corrected chi connectivity index (χ4v) is 1.07. The van der Waals surface area contributed by atoms with Gasteiger partial charge in [-0.05, 0) is 12.1 Å². The van der Waals surface area contributed by atoms with Crippen molar-refractivity contribution in [3.05, 3.63) is 23.5 Å². The van der Waals surface area contributed by atoms with Crippen LogP contribution in [-0.4, -0.2) is 25.6 Å². The summed E-state index contributed by atoms with van der Waals surface area (Å²) >= 11 is 0. The lowest BCUT2D eigenvalue weighted by atomic mass is 10.2. The van der Waals surface area contributed by atoms with E-state index in [1.54, 1.807) is 0 Å². The first-order valence-electron chi connectivity index (χ1n) is 3.82. The molecular weight excluding hydrogens is 189 g/mol. The van der Waals surface area contributed by atoms with Crippen molar-refractivity contribution in [2.24, 2.45) is 5.16 Å². The van der Waals surface area contributed by atoms with Crippen molar-refractivity contribution in [2.75, 3.05) is 14.2 Å². The summed E-state index contributed by atoms with van der Waals surface area (Å²) < 4.78 is 23.1. The van der Waals surface area contributed by atoms with Crippen LogP contribution in [0.5, 0.6) is 11.5 Å². The minimum absolute atomic E-state index is 0.0503. The van der Waals surface area contributed by atoms with E-state index < -0.39 is 5.82 Å². The molecule has 5 heteroatoms. The van der Waals surface area contributed by atoms with Gasteiger partial charge in [-0.25, -0.2) is 4.39 Å². The van der Waals surface area contributed by atoms with Crippen LogP contribution in [0.2, 0.25) is 0 Å². The van der Waals surface area contributed by atoms with Crippen LogP contribution in [0.15, 0.2) is 17.3 Å². The molecule has 0 saturated heterocycles. The van der Waals surface area contributed by atoms with E-state index in [1.165, 1.54) is 26.4 Å². The van der Waals surface area contributed by atoms with Crippen molar-refractivity contribution in [3.63, 3.8) is 0 Å². The molecule has 0 fully saturated rings. The van der Waals surface area contributed by atoms with Crippen LogP contribution in [0, 0.1) is 5.82 Å². The van der Waals surface area contributed by atoms with Gasteiger partial charge in [0.25, 0.3) is 0 Å². The number of methoxy groups -OCH3 is 2. The highest BCUT2D eigenvalue weighted by atomic mass is 19.1. The summed E-state index contributed by atoms with van der Waals surface area (Å²) in [6.07, 6.45) is 0.955. The third-order valence-electron chi connectivity index (χ3n) is 1.73. The molecule has 0 aliphatic heterocycles. The van der Waals surface area contributed by atoms with E-state index in [-0.39, 0.29) is 17.1 Å². The number of halogens is 1. The summed E-state index contributed by atoms with van der Waals surface area (Å²) in [5.41, 5.74) is 0.0503. The first-order valence-corrected chi connectivity index (χ1v) is 3.82. The molecule has 0 saturated carbocycles. The van der Waals surface area contributed by atoms with Crippen molar-refractivity contribution in [1.82, 2.24) is 0 Å².